The zero-order valence-corrected chi connectivity index (χ0v) is 22.9. The summed E-state index contributed by atoms with van der Waals surface area (Å²) in [5.41, 5.74) is 2.84. The number of thiazole rings is 1. The van der Waals surface area contributed by atoms with Crippen LogP contribution in [0.3, 0.4) is 0 Å². The monoisotopic (exact) mass is 576 g/mol. The molecule has 3 atom stereocenters. The van der Waals surface area contributed by atoms with Gasteiger partial charge in [-0.15, -0.1) is 0 Å². The molecule has 2 aromatic heterocycles. The Morgan fingerprint density at radius 2 is 1.95 bits per heavy atom. The highest BCUT2D eigenvalue weighted by Gasteiger charge is 2.57. The largest absolute Gasteiger partial charge is 0.477 e. The number of carbonyl (C=O) groups excluding carboxylic acids is 2. The molecule has 1 aliphatic carbocycles. The Morgan fingerprint density at radius 1 is 1.21 bits per heavy atom. The second-order valence-electron chi connectivity index (χ2n) is 9.42. The van der Waals surface area contributed by atoms with Crippen LogP contribution in [0.1, 0.15) is 44.0 Å². The van der Waals surface area contributed by atoms with Gasteiger partial charge in [0.05, 0.1) is 15.7 Å². The van der Waals surface area contributed by atoms with Gasteiger partial charge in [0.25, 0.3) is 5.91 Å². The van der Waals surface area contributed by atoms with E-state index in [0.717, 1.165) is 16.9 Å². The van der Waals surface area contributed by atoms with E-state index < -0.39 is 5.97 Å². The summed E-state index contributed by atoms with van der Waals surface area (Å²) in [5.74, 6) is -0.806. The summed E-state index contributed by atoms with van der Waals surface area (Å²) in [5, 5.41) is 19.5. The molecular weight excluding hydrogens is 551 g/mol. The maximum absolute atomic E-state index is 12.7. The van der Waals surface area contributed by atoms with Crippen molar-refractivity contribution in [1.82, 2.24) is 20.6 Å². The van der Waals surface area contributed by atoms with Gasteiger partial charge in [0.2, 0.25) is 0 Å². The van der Waals surface area contributed by atoms with Crippen molar-refractivity contribution in [2.45, 2.75) is 26.3 Å². The molecule has 0 bridgehead atoms. The Bertz CT molecular complexity index is 1410. The van der Waals surface area contributed by atoms with Crippen LogP contribution in [-0.2, 0) is 6.42 Å². The van der Waals surface area contributed by atoms with E-state index in [4.69, 9.17) is 23.2 Å². The van der Waals surface area contributed by atoms with Crippen molar-refractivity contribution >= 4 is 63.3 Å². The number of H-pyrrole nitrogens is 1. The number of carboxylic acids is 1. The molecule has 1 saturated heterocycles. The molecular formula is C25H26Cl2N6O4S. The molecule has 2 fully saturated rings. The number of carbonyl (C=O) groups is 3. The zero-order chi connectivity index (χ0) is 27.1. The predicted molar refractivity (Wildman–Crippen MR) is 147 cm³/mol. The van der Waals surface area contributed by atoms with Gasteiger partial charge in [-0.2, -0.15) is 0 Å². The average Bonchev–Trinajstić information content (AvgIpc) is 3.22. The van der Waals surface area contributed by atoms with E-state index in [0.29, 0.717) is 53.3 Å². The molecule has 0 spiro atoms. The van der Waals surface area contributed by atoms with Gasteiger partial charge in [-0.1, -0.05) is 46.7 Å². The Balaban J connectivity index is 1.23. The molecule has 38 heavy (non-hydrogen) atoms. The van der Waals surface area contributed by atoms with Crippen LogP contribution in [0.15, 0.2) is 24.3 Å². The summed E-state index contributed by atoms with van der Waals surface area (Å²) >= 11 is 13.4. The fourth-order valence-electron chi connectivity index (χ4n) is 4.90. The van der Waals surface area contributed by atoms with E-state index in [1.165, 1.54) is 0 Å². The number of carboxylic acid groups (broad SMARTS) is 1. The van der Waals surface area contributed by atoms with Crippen LogP contribution in [0.5, 0.6) is 0 Å². The van der Waals surface area contributed by atoms with Crippen LogP contribution in [0.4, 0.5) is 15.6 Å². The van der Waals surface area contributed by atoms with E-state index in [2.05, 4.69) is 30.8 Å². The molecule has 0 radical (unpaired) electrons. The topological polar surface area (TPSA) is 139 Å². The van der Waals surface area contributed by atoms with Crippen molar-refractivity contribution < 1.29 is 19.5 Å². The molecule has 3 aromatic rings. The number of urea groups is 1. The third-order valence-corrected chi connectivity index (χ3v) is 8.91. The van der Waals surface area contributed by atoms with Gasteiger partial charge < -0.3 is 30.9 Å². The number of nitrogens with zero attached hydrogens (tertiary/aromatic N) is 2. The Labute approximate surface area is 232 Å². The fraction of sp³-hybridized carbons (Fsp3) is 0.360. The number of aromatic carboxylic acids is 1. The summed E-state index contributed by atoms with van der Waals surface area (Å²) < 4.78 is 0. The molecule has 10 nitrogen and oxygen atoms in total. The Kier molecular flexibility index (Phi) is 7.26. The number of aromatic nitrogens is 2. The van der Waals surface area contributed by atoms with Crippen LogP contribution in [-0.4, -0.2) is 58.7 Å². The van der Waals surface area contributed by atoms with Crippen LogP contribution in [0.2, 0.25) is 10.0 Å². The normalized spacial score (nSPS) is 19.7. The molecule has 3 heterocycles. The summed E-state index contributed by atoms with van der Waals surface area (Å²) in [6.45, 7) is 5.44. The van der Waals surface area contributed by atoms with E-state index in [-0.39, 0.29) is 45.4 Å². The van der Waals surface area contributed by atoms with Crippen LogP contribution in [0.25, 0.3) is 0 Å². The van der Waals surface area contributed by atoms with Crippen LogP contribution >= 0.6 is 34.5 Å². The number of rotatable bonds is 8. The van der Waals surface area contributed by atoms with E-state index in [9.17, 15) is 19.5 Å². The average molecular weight is 577 g/mol. The van der Waals surface area contributed by atoms with Crippen molar-refractivity contribution in [3.05, 3.63) is 61.8 Å². The summed E-state index contributed by atoms with van der Waals surface area (Å²) in [4.78, 5) is 46.4. The van der Waals surface area contributed by atoms with Crippen LogP contribution in [0, 0.1) is 18.8 Å². The van der Waals surface area contributed by atoms with Crippen molar-refractivity contribution in [3.8, 4) is 0 Å². The first-order valence-corrected chi connectivity index (χ1v) is 13.7. The lowest BCUT2D eigenvalue weighted by molar-refractivity contribution is 0.0700. The molecule has 1 aromatic carbocycles. The van der Waals surface area contributed by atoms with Crippen LogP contribution < -0.4 is 20.9 Å². The quantitative estimate of drug-likeness (QED) is 0.269. The standard InChI is InChI=1S/C25H26Cl2N6O4S/c1-3-28-24(37)30-13-6-4-5-12(7-13)8-16-21(23(35)36)38-25(31-16)33-9-14-15(10-33)19(14)32-22(34)20-18(27)17(26)11(2)29-20/h4-7,14-15,19,29H,3,8-10H2,1-2H3,(H,32,34)(H,35,36)(H2,28,30,37)/t14-,15?,19?/m0/s1. The van der Waals surface area contributed by atoms with Gasteiger partial charge >= 0.3 is 12.0 Å². The van der Waals surface area contributed by atoms with Crippen molar-refractivity contribution in [1.29, 1.82) is 0 Å². The second-order valence-corrected chi connectivity index (χ2v) is 11.2. The van der Waals surface area contributed by atoms with Crippen molar-refractivity contribution in [3.63, 3.8) is 0 Å². The second kappa shape index (κ2) is 10.5. The van der Waals surface area contributed by atoms with Gasteiger partial charge in [-0.25, -0.2) is 14.6 Å². The highest BCUT2D eigenvalue weighted by molar-refractivity contribution is 7.17. The molecule has 13 heteroatoms. The Morgan fingerprint density at radius 3 is 2.58 bits per heavy atom. The predicted octanol–water partition coefficient (Wildman–Crippen LogP) is 4.38. The number of halogens is 2. The number of amides is 3. The molecule has 5 N–H and O–H groups in total. The van der Waals surface area contributed by atoms with Gasteiger partial charge in [-0.3, -0.25) is 4.79 Å². The lowest BCUT2D eigenvalue weighted by Gasteiger charge is -2.19. The smallest absolute Gasteiger partial charge is 0.347 e. The highest BCUT2D eigenvalue weighted by Crippen LogP contribution is 2.48. The molecule has 2 unspecified atom stereocenters. The molecule has 2 aliphatic rings. The van der Waals surface area contributed by atoms with Crippen molar-refractivity contribution in [2.24, 2.45) is 11.8 Å². The minimum atomic E-state index is -1.02. The van der Waals surface area contributed by atoms with Gasteiger partial charge in [0.15, 0.2) is 5.13 Å². The van der Waals surface area contributed by atoms with Gasteiger partial charge in [0, 0.05) is 55.3 Å². The van der Waals surface area contributed by atoms with E-state index in [1.54, 1.807) is 13.0 Å². The van der Waals surface area contributed by atoms with E-state index >= 15 is 0 Å². The van der Waals surface area contributed by atoms with E-state index in [1.807, 2.05) is 25.1 Å². The minimum Gasteiger partial charge on any atom is -0.477 e. The first-order chi connectivity index (χ1) is 18.2. The molecule has 200 valence electrons. The number of aromatic amines is 1. The lowest BCUT2D eigenvalue weighted by atomic mass is 10.1. The number of piperidine rings is 1. The Hall–Kier alpha value is -3.28. The minimum absolute atomic E-state index is 0.0238. The highest BCUT2D eigenvalue weighted by atomic mass is 35.5. The zero-order valence-electron chi connectivity index (χ0n) is 20.6. The maximum Gasteiger partial charge on any atom is 0.347 e. The third-order valence-electron chi connectivity index (χ3n) is 6.82. The number of nitrogens with one attached hydrogen (secondary N) is 4. The summed E-state index contributed by atoms with van der Waals surface area (Å²) in [6, 6.07) is 6.98. The number of anilines is 2. The molecule has 1 saturated carbocycles. The summed E-state index contributed by atoms with van der Waals surface area (Å²) in [6.07, 6.45) is 0.321. The number of hydrogen-bond donors (Lipinski definition) is 5. The number of fused-ring (bicyclic) bond motifs is 1. The van der Waals surface area contributed by atoms with Crippen molar-refractivity contribution in [2.75, 3.05) is 29.9 Å². The fourth-order valence-corrected chi connectivity index (χ4v) is 6.25. The lowest BCUT2D eigenvalue weighted by Crippen LogP contribution is -2.34. The number of benzene rings is 1. The number of hydrogen-bond acceptors (Lipinski definition) is 6. The summed E-state index contributed by atoms with van der Waals surface area (Å²) in [7, 11) is 0. The maximum atomic E-state index is 12.7. The molecule has 3 amide bonds. The SMILES string of the molecule is CCNC(=O)Nc1cccc(Cc2nc(N3CC4C(NC(=O)c5[nH]c(C)c(Cl)c5Cl)[C@H]4C3)sc2C(=O)O)c1. The van der Waals surface area contributed by atoms with Gasteiger partial charge in [0.1, 0.15) is 10.6 Å². The first kappa shape index (κ1) is 26.3. The first-order valence-electron chi connectivity index (χ1n) is 12.1. The third kappa shape index (κ3) is 5.18. The van der Waals surface area contributed by atoms with Gasteiger partial charge in [-0.05, 0) is 31.5 Å². The number of aryl methyl sites for hydroxylation is 1. The molecule has 1 aliphatic heterocycles. The molecule has 5 rings (SSSR count).